The van der Waals surface area contributed by atoms with E-state index in [1.165, 1.54) is 12.1 Å². The summed E-state index contributed by atoms with van der Waals surface area (Å²) in [5.41, 5.74) is 1.15. The predicted octanol–water partition coefficient (Wildman–Crippen LogP) is 2.16. The van der Waals surface area contributed by atoms with Gasteiger partial charge in [-0.25, -0.2) is 0 Å². The maximum atomic E-state index is 10.3. The lowest BCUT2D eigenvalue weighted by atomic mass is 10.1. The van der Waals surface area contributed by atoms with Gasteiger partial charge in [0.15, 0.2) is 0 Å². The normalized spacial score (nSPS) is 9.15. The quantitative estimate of drug-likeness (QED) is 0.401. The highest BCUT2D eigenvalue weighted by Crippen LogP contribution is 2.12. The first-order chi connectivity index (χ1) is 6.24. The van der Waals surface area contributed by atoms with Gasteiger partial charge in [-0.2, -0.15) is 0 Å². The number of nitrogens with zero attached hydrogens (tertiary/aromatic N) is 1. The van der Waals surface area contributed by atoms with Crippen molar-refractivity contribution in [1.29, 1.82) is 0 Å². The standard InChI is InChI=1S/C10H9NO2/c1-2-3-4-9-5-7-10(8-6-9)11(12)13/h1,5-8H,3-4H2. The summed E-state index contributed by atoms with van der Waals surface area (Å²) < 4.78 is 0. The highest BCUT2D eigenvalue weighted by atomic mass is 16.6. The van der Waals surface area contributed by atoms with Gasteiger partial charge in [0.1, 0.15) is 0 Å². The monoisotopic (exact) mass is 175 g/mol. The minimum atomic E-state index is -0.412. The molecule has 0 spiro atoms. The molecule has 1 aromatic carbocycles. The Morgan fingerprint density at radius 3 is 2.46 bits per heavy atom. The number of hydrogen-bond donors (Lipinski definition) is 0. The molecule has 0 N–H and O–H groups in total. The Balaban J connectivity index is 2.71. The minimum Gasteiger partial charge on any atom is -0.258 e. The number of nitro groups is 1. The smallest absolute Gasteiger partial charge is 0.258 e. The van der Waals surface area contributed by atoms with E-state index in [4.69, 9.17) is 6.42 Å². The molecule has 0 saturated heterocycles. The summed E-state index contributed by atoms with van der Waals surface area (Å²) in [6, 6.07) is 6.45. The molecule has 66 valence electrons. The Bertz CT molecular complexity index is 335. The average molecular weight is 175 g/mol. The lowest BCUT2D eigenvalue weighted by Gasteiger charge is -1.96. The summed E-state index contributed by atoms with van der Waals surface area (Å²) in [5, 5.41) is 10.3. The van der Waals surface area contributed by atoms with E-state index in [0.717, 1.165) is 12.0 Å². The fourth-order valence-corrected chi connectivity index (χ4v) is 1.00. The third-order valence-corrected chi connectivity index (χ3v) is 1.71. The predicted molar refractivity (Wildman–Crippen MR) is 50.3 cm³/mol. The first-order valence-corrected chi connectivity index (χ1v) is 3.91. The van der Waals surface area contributed by atoms with Crippen molar-refractivity contribution in [3.05, 3.63) is 39.9 Å². The van der Waals surface area contributed by atoms with E-state index in [9.17, 15) is 10.1 Å². The fourth-order valence-electron chi connectivity index (χ4n) is 1.00. The van der Waals surface area contributed by atoms with Gasteiger partial charge < -0.3 is 0 Å². The second-order valence-electron chi connectivity index (χ2n) is 2.63. The van der Waals surface area contributed by atoms with Gasteiger partial charge >= 0.3 is 0 Å². The van der Waals surface area contributed by atoms with Gasteiger partial charge in [-0.3, -0.25) is 10.1 Å². The third kappa shape index (κ3) is 2.60. The van der Waals surface area contributed by atoms with Crippen molar-refractivity contribution >= 4 is 5.69 Å². The molecule has 0 heterocycles. The van der Waals surface area contributed by atoms with Crippen molar-refractivity contribution in [1.82, 2.24) is 0 Å². The minimum absolute atomic E-state index is 0.115. The molecule has 3 heteroatoms. The Hall–Kier alpha value is -1.82. The van der Waals surface area contributed by atoms with Crippen molar-refractivity contribution in [3.8, 4) is 12.3 Å². The number of aryl methyl sites for hydroxylation is 1. The molecule has 0 aliphatic rings. The number of hydrogen-bond acceptors (Lipinski definition) is 2. The van der Waals surface area contributed by atoms with E-state index in [1.807, 2.05) is 0 Å². The van der Waals surface area contributed by atoms with Crippen LogP contribution in [-0.2, 0) is 6.42 Å². The third-order valence-electron chi connectivity index (χ3n) is 1.71. The highest BCUT2D eigenvalue weighted by Gasteiger charge is 2.02. The number of benzene rings is 1. The summed E-state index contributed by atoms with van der Waals surface area (Å²) in [5.74, 6) is 2.52. The Morgan fingerprint density at radius 1 is 1.38 bits per heavy atom. The molecule has 0 amide bonds. The first-order valence-electron chi connectivity index (χ1n) is 3.91. The number of non-ortho nitro benzene ring substituents is 1. The molecule has 0 aliphatic carbocycles. The summed E-state index contributed by atoms with van der Waals surface area (Å²) in [6.07, 6.45) is 6.53. The van der Waals surface area contributed by atoms with Gasteiger partial charge in [0.05, 0.1) is 4.92 Å². The van der Waals surface area contributed by atoms with Crippen LogP contribution in [0.15, 0.2) is 24.3 Å². The maximum Gasteiger partial charge on any atom is 0.269 e. The summed E-state index contributed by atoms with van der Waals surface area (Å²) >= 11 is 0. The number of nitro benzene ring substituents is 1. The molecule has 13 heavy (non-hydrogen) atoms. The zero-order valence-electron chi connectivity index (χ0n) is 7.06. The van der Waals surface area contributed by atoms with Crippen molar-refractivity contribution in [3.63, 3.8) is 0 Å². The van der Waals surface area contributed by atoms with Crippen molar-refractivity contribution < 1.29 is 4.92 Å². The van der Waals surface area contributed by atoms with Crippen molar-refractivity contribution in [2.24, 2.45) is 0 Å². The van der Waals surface area contributed by atoms with Gasteiger partial charge in [0.25, 0.3) is 5.69 Å². The van der Waals surface area contributed by atoms with Crippen LogP contribution in [0.2, 0.25) is 0 Å². The Morgan fingerprint density at radius 2 is 2.00 bits per heavy atom. The Labute approximate surface area is 76.5 Å². The molecule has 0 fully saturated rings. The summed E-state index contributed by atoms with van der Waals surface area (Å²) in [4.78, 5) is 9.89. The van der Waals surface area contributed by atoms with Crippen LogP contribution in [0.1, 0.15) is 12.0 Å². The van der Waals surface area contributed by atoms with Crippen molar-refractivity contribution in [2.45, 2.75) is 12.8 Å². The van der Waals surface area contributed by atoms with Crippen molar-refractivity contribution in [2.75, 3.05) is 0 Å². The average Bonchev–Trinajstić information content (AvgIpc) is 2.15. The van der Waals surface area contributed by atoms with Gasteiger partial charge in [0, 0.05) is 18.6 Å². The van der Waals surface area contributed by atoms with Crippen LogP contribution in [0.5, 0.6) is 0 Å². The largest absolute Gasteiger partial charge is 0.269 e. The maximum absolute atomic E-state index is 10.3. The van der Waals surface area contributed by atoms with Gasteiger partial charge in [-0.15, -0.1) is 12.3 Å². The molecule has 1 rings (SSSR count). The molecule has 1 aromatic rings. The Kier molecular flexibility index (Phi) is 3.04. The van der Waals surface area contributed by atoms with Crippen LogP contribution < -0.4 is 0 Å². The zero-order valence-corrected chi connectivity index (χ0v) is 7.06. The van der Waals surface area contributed by atoms with E-state index in [1.54, 1.807) is 12.1 Å². The molecule has 0 aromatic heterocycles. The molecular formula is C10H9NO2. The van der Waals surface area contributed by atoms with Crippen LogP contribution in [0.4, 0.5) is 5.69 Å². The number of terminal acetylenes is 1. The molecule has 0 unspecified atom stereocenters. The summed E-state index contributed by atoms with van der Waals surface area (Å²) in [6.45, 7) is 0. The molecule has 0 saturated carbocycles. The molecule has 0 bridgehead atoms. The summed E-state index contributed by atoms with van der Waals surface area (Å²) in [7, 11) is 0. The van der Waals surface area contributed by atoms with Crippen LogP contribution in [-0.4, -0.2) is 4.92 Å². The SMILES string of the molecule is C#CCCc1ccc([N+](=O)[O-])cc1. The highest BCUT2D eigenvalue weighted by molar-refractivity contribution is 5.33. The lowest BCUT2D eigenvalue weighted by Crippen LogP contribution is -1.88. The van der Waals surface area contributed by atoms with Gasteiger partial charge in [-0.05, 0) is 12.0 Å². The molecular weight excluding hydrogens is 166 g/mol. The van der Waals surface area contributed by atoms with E-state index in [2.05, 4.69) is 5.92 Å². The zero-order chi connectivity index (χ0) is 9.68. The molecule has 0 atom stereocenters. The van der Waals surface area contributed by atoms with Crippen LogP contribution in [0, 0.1) is 22.5 Å². The second-order valence-corrected chi connectivity index (χ2v) is 2.63. The molecule has 0 radical (unpaired) electrons. The van der Waals surface area contributed by atoms with E-state index >= 15 is 0 Å². The molecule has 3 nitrogen and oxygen atoms in total. The van der Waals surface area contributed by atoms with Crippen LogP contribution in [0.3, 0.4) is 0 Å². The van der Waals surface area contributed by atoms with E-state index in [-0.39, 0.29) is 5.69 Å². The lowest BCUT2D eigenvalue weighted by molar-refractivity contribution is -0.384. The van der Waals surface area contributed by atoms with Gasteiger partial charge in [0.2, 0.25) is 0 Å². The number of rotatable bonds is 3. The first kappa shape index (κ1) is 9.27. The molecule has 0 aliphatic heterocycles. The fraction of sp³-hybridized carbons (Fsp3) is 0.200. The van der Waals surface area contributed by atoms with E-state index in [0.29, 0.717) is 6.42 Å². The van der Waals surface area contributed by atoms with Crippen LogP contribution in [0.25, 0.3) is 0 Å². The van der Waals surface area contributed by atoms with Gasteiger partial charge in [-0.1, -0.05) is 12.1 Å². The topological polar surface area (TPSA) is 43.1 Å². The second kappa shape index (κ2) is 4.27. The van der Waals surface area contributed by atoms with E-state index < -0.39 is 4.92 Å². The van der Waals surface area contributed by atoms with Crippen LogP contribution >= 0.6 is 0 Å².